The van der Waals surface area contributed by atoms with Gasteiger partial charge < -0.3 is 15.7 Å². The molecule has 1 amide bonds. The molecule has 2 atom stereocenters. The summed E-state index contributed by atoms with van der Waals surface area (Å²) in [4.78, 5) is 22.4. The third kappa shape index (κ3) is 5.31. The van der Waals surface area contributed by atoms with E-state index < -0.39 is 11.9 Å². The molecule has 18 heavy (non-hydrogen) atoms. The highest BCUT2D eigenvalue weighted by Gasteiger charge is 2.25. The van der Waals surface area contributed by atoms with E-state index in [1.807, 2.05) is 20.8 Å². The molecule has 0 bridgehead atoms. The van der Waals surface area contributed by atoms with Gasteiger partial charge in [-0.2, -0.15) is 0 Å². The van der Waals surface area contributed by atoms with Crippen molar-refractivity contribution < 1.29 is 14.7 Å². The van der Waals surface area contributed by atoms with Crippen molar-refractivity contribution in [3.8, 4) is 0 Å². The summed E-state index contributed by atoms with van der Waals surface area (Å²) in [6.07, 6.45) is 4.25. The first-order chi connectivity index (χ1) is 8.28. The van der Waals surface area contributed by atoms with Gasteiger partial charge in [-0.3, -0.25) is 9.59 Å². The molecule has 0 saturated carbocycles. The van der Waals surface area contributed by atoms with Gasteiger partial charge in [0.2, 0.25) is 5.91 Å². The Bertz CT molecular complexity index is 345. The fraction of sp³-hybridized carbons (Fsp3) is 0.692. The van der Waals surface area contributed by atoms with Crippen LogP contribution in [-0.2, 0) is 9.59 Å². The molecule has 2 unspecified atom stereocenters. The lowest BCUT2D eigenvalue weighted by atomic mass is 10.1. The molecule has 1 aliphatic rings. The van der Waals surface area contributed by atoms with Crippen LogP contribution in [0.3, 0.4) is 0 Å². The van der Waals surface area contributed by atoms with Crippen LogP contribution < -0.4 is 10.6 Å². The predicted molar refractivity (Wildman–Crippen MR) is 69.2 cm³/mol. The Hall–Kier alpha value is -1.36. The van der Waals surface area contributed by atoms with Crippen LogP contribution in [0.15, 0.2) is 12.2 Å². The number of hydrogen-bond acceptors (Lipinski definition) is 3. The summed E-state index contributed by atoms with van der Waals surface area (Å²) in [6.45, 7) is 6.75. The molecular weight excluding hydrogens is 232 g/mol. The largest absolute Gasteiger partial charge is 0.481 e. The van der Waals surface area contributed by atoms with E-state index in [1.54, 1.807) is 12.2 Å². The van der Waals surface area contributed by atoms with Gasteiger partial charge in [0.25, 0.3) is 0 Å². The number of carbonyl (C=O) groups is 2. The molecule has 0 heterocycles. The van der Waals surface area contributed by atoms with Crippen molar-refractivity contribution in [3.05, 3.63) is 12.2 Å². The van der Waals surface area contributed by atoms with Gasteiger partial charge in [0.05, 0.1) is 5.92 Å². The van der Waals surface area contributed by atoms with Gasteiger partial charge in [-0.1, -0.05) is 12.2 Å². The molecule has 0 spiro atoms. The van der Waals surface area contributed by atoms with E-state index in [-0.39, 0.29) is 17.5 Å². The second-order valence-electron chi connectivity index (χ2n) is 5.67. The number of nitrogens with one attached hydrogen (secondary N) is 2. The van der Waals surface area contributed by atoms with Crippen molar-refractivity contribution in [1.82, 2.24) is 10.6 Å². The minimum atomic E-state index is -0.836. The van der Waals surface area contributed by atoms with Gasteiger partial charge in [0.1, 0.15) is 0 Å². The molecule has 0 aliphatic heterocycles. The molecule has 1 rings (SSSR count). The molecule has 0 fully saturated rings. The Morgan fingerprint density at radius 3 is 2.50 bits per heavy atom. The van der Waals surface area contributed by atoms with Gasteiger partial charge in [0.15, 0.2) is 0 Å². The maximum absolute atomic E-state index is 11.6. The SMILES string of the molecule is CC(C)(C)NCCC(=O)NC1C=CC(C(=O)O)C1. The van der Waals surface area contributed by atoms with Crippen LogP contribution in [0.4, 0.5) is 0 Å². The lowest BCUT2D eigenvalue weighted by Crippen LogP contribution is -2.40. The Kier molecular flexibility index (Phi) is 4.90. The Balaban J connectivity index is 2.22. The first-order valence-corrected chi connectivity index (χ1v) is 6.23. The minimum absolute atomic E-state index is 0.00193. The van der Waals surface area contributed by atoms with E-state index in [4.69, 9.17) is 5.11 Å². The highest BCUT2D eigenvalue weighted by molar-refractivity contribution is 5.77. The van der Waals surface area contributed by atoms with E-state index in [2.05, 4.69) is 10.6 Å². The third-order valence-electron chi connectivity index (χ3n) is 2.75. The standard InChI is InChI=1S/C13H22N2O3/c1-13(2,3)14-7-6-11(16)15-10-5-4-9(8-10)12(17)18/h4-5,9-10,14H,6-8H2,1-3H3,(H,15,16)(H,17,18). The molecule has 0 aromatic heterocycles. The summed E-state index contributed by atoms with van der Waals surface area (Å²) in [7, 11) is 0. The van der Waals surface area contributed by atoms with Crippen LogP contribution >= 0.6 is 0 Å². The summed E-state index contributed by atoms with van der Waals surface area (Å²) < 4.78 is 0. The molecule has 0 saturated heterocycles. The van der Waals surface area contributed by atoms with Crippen LogP contribution in [-0.4, -0.2) is 35.1 Å². The number of amides is 1. The minimum Gasteiger partial charge on any atom is -0.481 e. The molecule has 0 aromatic carbocycles. The fourth-order valence-electron chi connectivity index (χ4n) is 1.82. The van der Waals surface area contributed by atoms with Crippen LogP contribution in [0.2, 0.25) is 0 Å². The van der Waals surface area contributed by atoms with E-state index in [1.165, 1.54) is 0 Å². The summed E-state index contributed by atoms with van der Waals surface area (Å²) in [5, 5.41) is 14.9. The zero-order chi connectivity index (χ0) is 13.8. The number of carbonyl (C=O) groups excluding carboxylic acids is 1. The van der Waals surface area contributed by atoms with Crippen LogP contribution in [0, 0.1) is 5.92 Å². The number of aliphatic carboxylic acids is 1. The van der Waals surface area contributed by atoms with Crippen molar-refractivity contribution in [2.24, 2.45) is 5.92 Å². The van der Waals surface area contributed by atoms with Crippen molar-refractivity contribution in [2.45, 2.75) is 45.2 Å². The second kappa shape index (κ2) is 6.00. The van der Waals surface area contributed by atoms with Gasteiger partial charge in [0, 0.05) is 24.5 Å². The number of hydrogen-bond donors (Lipinski definition) is 3. The van der Waals surface area contributed by atoms with Crippen molar-refractivity contribution in [2.75, 3.05) is 6.54 Å². The monoisotopic (exact) mass is 254 g/mol. The zero-order valence-electron chi connectivity index (χ0n) is 11.2. The molecule has 5 nitrogen and oxygen atoms in total. The van der Waals surface area contributed by atoms with Gasteiger partial charge in [-0.15, -0.1) is 0 Å². The molecule has 3 N–H and O–H groups in total. The first kappa shape index (κ1) is 14.7. The lowest BCUT2D eigenvalue weighted by molar-refractivity contribution is -0.140. The summed E-state index contributed by atoms with van der Waals surface area (Å²) >= 11 is 0. The molecule has 102 valence electrons. The molecule has 0 radical (unpaired) electrons. The fourth-order valence-corrected chi connectivity index (χ4v) is 1.82. The van der Waals surface area contributed by atoms with Crippen LogP contribution in [0.25, 0.3) is 0 Å². The lowest BCUT2D eigenvalue weighted by Gasteiger charge is -2.20. The maximum Gasteiger partial charge on any atom is 0.310 e. The van der Waals surface area contributed by atoms with E-state index in [9.17, 15) is 9.59 Å². The maximum atomic E-state index is 11.6. The van der Waals surface area contributed by atoms with E-state index in [0.29, 0.717) is 19.4 Å². The highest BCUT2D eigenvalue weighted by atomic mass is 16.4. The van der Waals surface area contributed by atoms with Crippen molar-refractivity contribution >= 4 is 11.9 Å². The highest BCUT2D eigenvalue weighted by Crippen LogP contribution is 2.17. The molecule has 5 heteroatoms. The van der Waals surface area contributed by atoms with Gasteiger partial charge in [-0.25, -0.2) is 0 Å². The summed E-state index contributed by atoms with van der Waals surface area (Å²) in [6, 6.07) is -0.145. The first-order valence-electron chi connectivity index (χ1n) is 6.23. The van der Waals surface area contributed by atoms with Gasteiger partial charge in [-0.05, 0) is 27.2 Å². The number of rotatable bonds is 5. The Morgan fingerprint density at radius 1 is 1.33 bits per heavy atom. The van der Waals surface area contributed by atoms with E-state index >= 15 is 0 Å². The third-order valence-corrected chi connectivity index (χ3v) is 2.75. The second-order valence-corrected chi connectivity index (χ2v) is 5.67. The molecule has 1 aliphatic carbocycles. The summed E-state index contributed by atoms with van der Waals surface area (Å²) in [5.41, 5.74) is 0.00193. The smallest absolute Gasteiger partial charge is 0.310 e. The average molecular weight is 254 g/mol. The quantitative estimate of drug-likeness (QED) is 0.637. The predicted octanol–water partition coefficient (Wildman–Crippen LogP) is 0.910. The van der Waals surface area contributed by atoms with Crippen LogP contribution in [0.5, 0.6) is 0 Å². The normalized spacial score (nSPS) is 23.1. The Morgan fingerprint density at radius 2 is 2.00 bits per heavy atom. The van der Waals surface area contributed by atoms with Crippen molar-refractivity contribution in [1.29, 1.82) is 0 Å². The number of carboxylic acids is 1. The van der Waals surface area contributed by atoms with E-state index in [0.717, 1.165) is 0 Å². The van der Waals surface area contributed by atoms with Gasteiger partial charge >= 0.3 is 5.97 Å². The number of carboxylic acid groups (broad SMARTS) is 1. The molecule has 0 aromatic rings. The average Bonchev–Trinajstić information content (AvgIpc) is 2.64. The Labute approximate surface area is 108 Å². The zero-order valence-corrected chi connectivity index (χ0v) is 11.2. The summed E-state index contributed by atoms with van der Waals surface area (Å²) in [5.74, 6) is -1.35. The topological polar surface area (TPSA) is 78.4 Å². The van der Waals surface area contributed by atoms with Crippen LogP contribution in [0.1, 0.15) is 33.6 Å². The molecular formula is C13H22N2O3. The van der Waals surface area contributed by atoms with Crippen molar-refractivity contribution in [3.63, 3.8) is 0 Å².